The molecule has 4 N–H and O–H groups in total. The highest BCUT2D eigenvalue weighted by Gasteiger charge is 2.61. The highest BCUT2D eigenvalue weighted by Crippen LogP contribution is 2.61. The molecule has 0 aromatic heterocycles. The second-order valence-electron chi connectivity index (χ2n) is 10.6. The molecule has 0 saturated heterocycles. The number of benzene rings is 1. The summed E-state index contributed by atoms with van der Waals surface area (Å²) in [5.41, 5.74) is 2.69. The molecule has 4 saturated carbocycles. The molecule has 0 spiro atoms. The van der Waals surface area contributed by atoms with Crippen LogP contribution in [0, 0.1) is 17.3 Å². The zero-order valence-electron chi connectivity index (χ0n) is 18.9. The lowest BCUT2D eigenvalue weighted by molar-refractivity contribution is -0.275. The van der Waals surface area contributed by atoms with E-state index >= 15 is 0 Å². The van der Waals surface area contributed by atoms with Crippen molar-refractivity contribution in [1.82, 2.24) is 10.0 Å². The van der Waals surface area contributed by atoms with Gasteiger partial charge in [-0.25, -0.2) is 8.42 Å². The number of hydrogen-bond donors (Lipinski definition) is 3. The number of rotatable bonds is 7. The third-order valence-electron chi connectivity index (χ3n) is 7.28. The number of nitrogens with two attached hydrogens (primary N) is 1. The molecule has 2 amide bonds. The molecule has 0 aliphatic heterocycles. The van der Waals surface area contributed by atoms with Crippen LogP contribution in [0.2, 0.25) is 0 Å². The van der Waals surface area contributed by atoms with E-state index in [0.717, 1.165) is 18.6 Å². The summed E-state index contributed by atoms with van der Waals surface area (Å²) in [6, 6.07) is 4.31. The van der Waals surface area contributed by atoms with Gasteiger partial charge in [-0.1, -0.05) is 12.1 Å². The molecule has 1 aromatic carbocycles. The number of carbonyl (C=O) groups excluding carboxylic acids is 2. The zero-order valence-corrected chi connectivity index (χ0v) is 19.7. The fourth-order valence-corrected chi connectivity index (χ4v) is 7.92. The predicted molar refractivity (Wildman–Crippen MR) is 115 cm³/mol. The number of ether oxygens (including phenoxy) is 1. The molecule has 34 heavy (non-hydrogen) atoms. The summed E-state index contributed by atoms with van der Waals surface area (Å²) in [5, 5.41) is 2.99. The first-order chi connectivity index (χ1) is 15.5. The van der Waals surface area contributed by atoms with Crippen molar-refractivity contribution in [3.05, 3.63) is 24.3 Å². The highest BCUT2D eigenvalue weighted by molar-refractivity contribution is 7.89. The number of halogens is 3. The highest BCUT2D eigenvalue weighted by atomic mass is 32.2. The number of amides is 2. The Hall–Kier alpha value is -2.34. The van der Waals surface area contributed by atoms with Gasteiger partial charge in [0.1, 0.15) is 16.2 Å². The van der Waals surface area contributed by atoms with Gasteiger partial charge in [0.2, 0.25) is 21.8 Å². The van der Waals surface area contributed by atoms with Crippen LogP contribution in [-0.4, -0.2) is 37.7 Å². The monoisotopic (exact) mass is 503 g/mol. The summed E-state index contributed by atoms with van der Waals surface area (Å²) in [4.78, 5) is 24.8. The summed E-state index contributed by atoms with van der Waals surface area (Å²) in [7, 11) is -4.57. The number of para-hydroxylation sites is 1. The average Bonchev–Trinajstić information content (AvgIpc) is 2.64. The van der Waals surface area contributed by atoms with Crippen LogP contribution in [0.15, 0.2) is 29.2 Å². The third kappa shape index (κ3) is 4.61. The first-order valence-corrected chi connectivity index (χ1v) is 12.5. The van der Waals surface area contributed by atoms with Gasteiger partial charge >= 0.3 is 6.36 Å². The van der Waals surface area contributed by atoms with Crippen molar-refractivity contribution < 1.29 is 35.9 Å². The Balaban J connectivity index is 1.54. The standard InChI is InChI=1S/C22H28F3N3O5S/c1-19(2,28-34(31,32)16-6-4-3-5-15(16)33-22(23,24)25)18(30)27-21-10-13-7-14(11-21)9-20(8-13,12-21)17(26)29/h3-6,13-14,28H,7-12H2,1-2H3,(H2,26,29)(H,27,30). The lowest BCUT2D eigenvalue weighted by Crippen LogP contribution is -2.68. The first-order valence-electron chi connectivity index (χ1n) is 11.1. The Labute approximate surface area is 195 Å². The lowest BCUT2D eigenvalue weighted by atomic mass is 9.46. The van der Waals surface area contributed by atoms with Crippen molar-refractivity contribution in [2.24, 2.45) is 23.0 Å². The van der Waals surface area contributed by atoms with E-state index < -0.39 is 49.4 Å². The topological polar surface area (TPSA) is 128 Å². The van der Waals surface area contributed by atoms with Gasteiger partial charge in [0.05, 0.1) is 5.41 Å². The van der Waals surface area contributed by atoms with E-state index in [0.29, 0.717) is 32.1 Å². The van der Waals surface area contributed by atoms with Crippen LogP contribution in [0.25, 0.3) is 0 Å². The molecule has 1 aromatic rings. The van der Waals surface area contributed by atoms with Crippen molar-refractivity contribution in [1.29, 1.82) is 0 Å². The van der Waals surface area contributed by atoms with Crippen LogP contribution in [0.3, 0.4) is 0 Å². The van der Waals surface area contributed by atoms with Crippen molar-refractivity contribution >= 4 is 21.8 Å². The van der Waals surface area contributed by atoms with Crippen molar-refractivity contribution in [2.45, 2.75) is 74.7 Å². The number of hydrogen-bond acceptors (Lipinski definition) is 5. The molecule has 0 heterocycles. The second-order valence-corrected chi connectivity index (χ2v) is 12.2. The average molecular weight is 504 g/mol. The minimum Gasteiger partial charge on any atom is -0.404 e. The number of alkyl halides is 3. The Morgan fingerprint density at radius 2 is 1.68 bits per heavy atom. The summed E-state index contributed by atoms with van der Waals surface area (Å²) in [5.74, 6) is -1.41. The maximum absolute atomic E-state index is 13.3. The zero-order chi connectivity index (χ0) is 25.2. The molecule has 2 unspecified atom stereocenters. The number of carbonyl (C=O) groups is 2. The van der Waals surface area contributed by atoms with Crippen LogP contribution in [0.4, 0.5) is 13.2 Å². The van der Waals surface area contributed by atoms with Gasteiger partial charge in [0.15, 0.2) is 0 Å². The van der Waals surface area contributed by atoms with Gasteiger partial charge in [-0.2, -0.15) is 4.72 Å². The summed E-state index contributed by atoms with van der Waals surface area (Å²) in [6.45, 7) is 2.66. The van der Waals surface area contributed by atoms with E-state index in [1.807, 2.05) is 0 Å². The second kappa shape index (κ2) is 7.84. The van der Waals surface area contributed by atoms with Crippen molar-refractivity contribution in [3.8, 4) is 5.75 Å². The lowest BCUT2D eigenvalue weighted by Gasteiger charge is -2.61. The van der Waals surface area contributed by atoms with E-state index in [9.17, 15) is 31.2 Å². The van der Waals surface area contributed by atoms with Gasteiger partial charge in [0, 0.05) is 5.54 Å². The molecule has 4 aliphatic carbocycles. The summed E-state index contributed by atoms with van der Waals surface area (Å²) < 4.78 is 70.2. The molecule has 8 nitrogen and oxygen atoms in total. The quantitative estimate of drug-likeness (QED) is 0.527. The minimum atomic E-state index is -5.09. The largest absolute Gasteiger partial charge is 0.573 e. The Kier molecular flexibility index (Phi) is 5.71. The van der Waals surface area contributed by atoms with Crippen LogP contribution in [0.1, 0.15) is 52.4 Å². The maximum Gasteiger partial charge on any atom is 0.573 e. The van der Waals surface area contributed by atoms with Gasteiger partial charge in [-0.15, -0.1) is 13.2 Å². The van der Waals surface area contributed by atoms with E-state index in [1.165, 1.54) is 26.0 Å². The molecule has 4 bridgehead atoms. The van der Waals surface area contributed by atoms with E-state index in [4.69, 9.17) is 5.73 Å². The van der Waals surface area contributed by atoms with E-state index in [2.05, 4.69) is 14.8 Å². The molecule has 4 aliphatic rings. The van der Waals surface area contributed by atoms with Crippen LogP contribution in [0.5, 0.6) is 5.75 Å². The first kappa shape index (κ1) is 24.8. The molecule has 2 atom stereocenters. The molecule has 188 valence electrons. The predicted octanol–water partition coefficient (Wildman–Crippen LogP) is 2.58. The Morgan fingerprint density at radius 3 is 2.24 bits per heavy atom. The van der Waals surface area contributed by atoms with Crippen molar-refractivity contribution in [3.63, 3.8) is 0 Å². The molecule has 0 radical (unpaired) electrons. The number of nitrogens with one attached hydrogen (secondary N) is 2. The normalized spacial score (nSPS) is 30.7. The van der Waals surface area contributed by atoms with Gasteiger partial charge in [-0.3, -0.25) is 9.59 Å². The minimum absolute atomic E-state index is 0.250. The third-order valence-corrected chi connectivity index (χ3v) is 8.98. The van der Waals surface area contributed by atoms with Crippen LogP contribution >= 0.6 is 0 Å². The molecule has 5 rings (SSSR count). The fraction of sp³-hybridized carbons (Fsp3) is 0.636. The molecular formula is C22H28F3N3O5S. The molecule has 4 fully saturated rings. The Morgan fingerprint density at radius 1 is 1.09 bits per heavy atom. The van der Waals surface area contributed by atoms with Crippen LogP contribution < -0.4 is 20.5 Å². The number of sulfonamides is 1. The molecular weight excluding hydrogens is 475 g/mol. The van der Waals surface area contributed by atoms with Gasteiger partial charge in [-0.05, 0) is 76.3 Å². The van der Waals surface area contributed by atoms with Gasteiger partial charge < -0.3 is 15.8 Å². The smallest absolute Gasteiger partial charge is 0.404 e. The fourth-order valence-electron chi connectivity index (χ4n) is 6.41. The van der Waals surface area contributed by atoms with E-state index in [1.54, 1.807) is 0 Å². The maximum atomic E-state index is 13.3. The summed E-state index contributed by atoms with van der Waals surface area (Å²) >= 11 is 0. The SMILES string of the molecule is CC(C)(NS(=O)(=O)c1ccccc1OC(F)(F)F)C(=O)NC12CC3CC(C1)CC(C(N)=O)(C3)C2. The summed E-state index contributed by atoms with van der Waals surface area (Å²) in [6.07, 6.45) is -0.971. The van der Waals surface area contributed by atoms with E-state index in [-0.39, 0.29) is 17.7 Å². The molecule has 12 heteroatoms. The van der Waals surface area contributed by atoms with Gasteiger partial charge in [0.25, 0.3) is 0 Å². The van der Waals surface area contributed by atoms with Crippen molar-refractivity contribution in [2.75, 3.05) is 0 Å². The number of primary amides is 1. The Bertz CT molecular complexity index is 1110. The van der Waals surface area contributed by atoms with Crippen LogP contribution in [-0.2, 0) is 19.6 Å².